The van der Waals surface area contributed by atoms with E-state index in [4.69, 9.17) is 16.6 Å². The number of benzene rings is 2. The third-order valence-corrected chi connectivity index (χ3v) is 6.54. The Morgan fingerprint density at radius 3 is 2.62 bits per heavy atom. The fraction of sp³-hybridized carbons (Fsp3) is 0.192. The van der Waals surface area contributed by atoms with Gasteiger partial charge >= 0.3 is 5.97 Å². The van der Waals surface area contributed by atoms with E-state index in [1.54, 1.807) is 22.9 Å². The van der Waals surface area contributed by atoms with Crippen LogP contribution in [0.15, 0.2) is 48.5 Å². The Kier molecular flexibility index (Phi) is 5.67. The van der Waals surface area contributed by atoms with Crippen LogP contribution in [0.5, 0.6) is 0 Å². The lowest BCUT2D eigenvalue weighted by atomic mass is 9.92. The Bertz CT molecular complexity index is 1460. The van der Waals surface area contributed by atoms with Gasteiger partial charge in [0, 0.05) is 29.6 Å². The zero-order chi connectivity index (χ0) is 24.0. The Morgan fingerprint density at radius 2 is 1.91 bits per heavy atom. The summed E-state index contributed by atoms with van der Waals surface area (Å²) in [5.74, 6) is -1.30. The number of para-hydroxylation sites is 1. The average molecular weight is 477 g/mol. The fourth-order valence-corrected chi connectivity index (χ4v) is 4.78. The van der Waals surface area contributed by atoms with Crippen molar-refractivity contribution < 1.29 is 14.3 Å². The lowest BCUT2D eigenvalue weighted by molar-refractivity contribution is 0.0696. The van der Waals surface area contributed by atoms with E-state index in [1.807, 2.05) is 38.1 Å². The van der Waals surface area contributed by atoms with Gasteiger partial charge in [0.15, 0.2) is 0 Å². The topological polar surface area (TPSA) is 71.2 Å². The summed E-state index contributed by atoms with van der Waals surface area (Å²) in [4.78, 5) is 19.4. The van der Waals surface area contributed by atoms with E-state index in [-0.39, 0.29) is 11.4 Å². The molecule has 0 saturated carbocycles. The van der Waals surface area contributed by atoms with Gasteiger partial charge in [-0.2, -0.15) is 5.10 Å². The van der Waals surface area contributed by atoms with Crippen molar-refractivity contribution in [1.82, 2.24) is 19.7 Å². The normalized spacial score (nSPS) is 15.1. The number of pyridine rings is 1. The van der Waals surface area contributed by atoms with Crippen LogP contribution >= 0.6 is 11.6 Å². The van der Waals surface area contributed by atoms with E-state index in [1.165, 1.54) is 12.1 Å². The maximum Gasteiger partial charge on any atom is 0.336 e. The molecule has 3 heterocycles. The summed E-state index contributed by atoms with van der Waals surface area (Å²) in [6.07, 6.45) is 1.94. The minimum atomic E-state index is -0.967. The van der Waals surface area contributed by atoms with Crippen LogP contribution in [0.25, 0.3) is 28.2 Å². The molecule has 4 aromatic rings. The summed E-state index contributed by atoms with van der Waals surface area (Å²) in [7, 11) is 0. The number of carboxylic acids is 1. The number of aryl methyl sites for hydroxylation is 1. The number of hydrogen-bond donors (Lipinski definition) is 1. The van der Waals surface area contributed by atoms with E-state index >= 15 is 0 Å². The van der Waals surface area contributed by atoms with Gasteiger partial charge in [0.25, 0.3) is 0 Å². The number of nitrogens with zero attached hydrogens (tertiary/aromatic N) is 4. The zero-order valence-corrected chi connectivity index (χ0v) is 19.5. The molecule has 0 amide bonds. The molecule has 2 aromatic carbocycles. The van der Waals surface area contributed by atoms with Crippen molar-refractivity contribution in [3.63, 3.8) is 0 Å². The van der Waals surface area contributed by atoms with Crippen LogP contribution in [-0.4, -0.2) is 43.8 Å². The first-order valence-corrected chi connectivity index (χ1v) is 11.3. The fourth-order valence-electron chi connectivity index (χ4n) is 4.45. The molecular weight excluding hydrogens is 455 g/mol. The van der Waals surface area contributed by atoms with Crippen molar-refractivity contribution >= 4 is 40.1 Å². The van der Waals surface area contributed by atoms with Crippen LogP contribution in [0, 0.1) is 12.7 Å². The Morgan fingerprint density at radius 1 is 1.18 bits per heavy atom. The molecule has 2 aromatic heterocycles. The molecule has 0 aliphatic carbocycles. The van der Waals surface area contributed by atoms with Gasteiger partial charge in [-0.1, -0.05) is 36.7 Å². The van der Waals surface area contributed by atoms with Gasteiger partial charge in [0.05, 0.1) is 28.2 Å². The molecule has 1 aliphatic heterocycles. The molecule has 0 fully saturated rings. The minimum absolute atomic E-state index is 0.287. The van der Waals surface area contributed by atoms with Crippen LogP contribution in [0.4, 0.5) is 4.39 Å². The van der Waals surface area contributed by atoms with E-state index < -0.39 is 5.97 Å². The highest BCUT2D eigenvalue weighted by atomic mass is 35.5. The number of carboxylic acid groups (broad SMARTS) is 1. The van der Waals surface area contributed by atoms with Gasteiger partial charge < -0.3 is 5.11 Å². The average Bonchev–Trinajstić information content (AvgIpc) is 3.11. The number of aromatic nitrogens is 3. The number of aromatic carboxylic acids is 1. The maximum absolute atomic E-state index is 13.4. The monoisotopic (exact) mass is 476 g/mol. The van der Waals surface area contributed by atoms with Crippen molar-refractivity contribution in [2.45, 2.75) is 20.4 Å². The predicted molar refractivity (Wildman–Crippen MR) is 131 cm³/mol. The Hall–Kier alpha value is -3.55. The predicted octanol–water partition coefficient (Wildman–Crippen LogP) is 5.60. The molecule has 1 N–H and O–H groups in total. The molecule has 34 heavy (non-hydrogen) atoms. The van der Waals surface area contributed by atoms with Gasteiger partial charge in [-0.05, 0) is 55.4 Å². The summed E-state index contributed by atoms with van der Waals surface area (Å²) < 4.78 is 15.0. The summed E-state index contributed by atoms with van der Waals surface area (Å²) in [6, 6.07) is 13.3. The second kappa shape index (κ2) is 8.66. The van der Waals surface area contributed by atoms with Crippen LogP contribution < -0.4 is 0 Å². The molecule has 1 aliphatic rings. The number of halogens is 2. The SMILES string of the molecule is CCN1C/C(=C\c2c(C)nn(-c3ccc(F)cc3)c2Cl)c2nc3ccccc3c(C(=O)O)c2C1. The second-order valence-electron chi connectivity index (χ2n) is 8.29. The summed E-state index contributed by atoms with van der Waals surface area (Å²) in [5.41, 5.74) is 5.24. The van der Waals surface area contributed by atoms with Crippen LogP contribution in [-0.2, 0) is 6.54 Å². The highest BCUT2D eigenvalue weighted by molar-refractivity contribution is 6.31. The van der Waals surface area contributed by atoms with E-state index in [0.29, 0.717) is 51.8 Å². The zero-order valence-electron chi connectivity index (χ0n) is 18.7. The number of fused-ring (bicyclic) bond motifs is 2. The Labute approximate surface area is 200 Å². The van der Waals surface area contributed by atoms with E-state index in [9.17, 15) is 14.3 Å². The molecule has 0 radical (unpaired) electrons. The summed E-state index contributed by atoms with van der Waals surface area (Å²) >= 11 is 6.73. The third-order valence-electron chi connectivity index (χ3n) is 6.17. The van der Waals surface area contributed by atoms with Gasteiger partial charge in [-0.3, -0.25) is 4.90 Å². The molecule has 5 rings (SSSR count). The highest BCUT2D eigenvalue weighted by Gasteiger charge is 2.28. The number of hydrogen-bond acceptors (Lipinski definition) is 4. The molecule has 172 valence electrons. The molecule has 0 saturated heterocycles. The standard InChI is InChI=1S/C26H22ClFN4O2/c1-3-31-13-16(12-20-15(2)30-32(25(20)27)18-10-8-17(28)9-11-18)24-21(14-31)23(26(33)34)19-6-4-5-7-22(19)29-24/h4-12H,3,13-14H2,1-2H3,(H,33,34)/b16-12+. The first kappa shape index (κ1) is 22.3. The van der Waals surface area contributed by atoms with Crippen molar-refractivity contribution in [2.75, 3.05) is 13.1 Å². The van der Waals surface area contributed by atoms with Crippen molar-refractivity contribution in [3.05, 3.63) is 87.6 Å². The molecular formula is C26H22ClFN4O2. The first-order chi connectivity index (χ1) is 16.4. The van der Waals surface area contributed by atoms with E-state index in [2.05, 4.69) is 10.00 Å². The van der Waals surface area contributed by atoms with Gasteiger partial charge in [0.1, 0.15) is 11.0 Å². The number of carbonyl (C=O) groups is 1. The first-order valence-electron chi connectivity index (χ1n) is 11.0. The van der Waals surface area contributed by atoms with Crippen molar-refractivity contribution in [1.29, 1.82) is 0 Å². The molecule has 0 spiro atoms. The summed E-state index contributed by atoms with van der Waals surface area (Å²) in [5, 5.41) is 15.7. The highest BCUT2D eigenvalue weighted by Crippen LogP contribution is 2.35. The Balaban J connectivity index is 1.71. The molecule has 0 unspecified atom stereocenters. The molecule has 6 nitrogen and oxygen atoms in total. The van der Waals surface area contributed by atoms with Gasteiger partial charge in [-0.25, -0.2) is 18.9 Å². The largest absolute Gasteiger partial charge is 0.478 e. The van der Waals surface area contributed by atoms with Crippen molar-refractivity contribution in [2.24, 2.45) is 0 Å². The van der Waals surface area contributed by atoms with E-state index in [0.717, 1.165) is 17.7 Å². The van der Waals surface area contributed by atoms with Crippen molar-refractivity contribution in [3.8, 4) is 5.69 Å². The lowest BCUT2D eigenvalue weighted by Crippen LogP contribution is -2.31. The molecule has 0 bridgehead atoms. The van der Waals surface area contributed by atoms with Crippen LogP contribution in [0.1, 0.15) is 39.8 Å². The van der Waals surface area contributed by atoms with Crippen LogP contribution in [0.2, 0.25) is 5.15 Å². The van der Waals surface area contributed by atoms with Gasteiger partial charge in [-0.15, -0.1) is 0 Å². The maximum atomic E-state index is 13.4. The lowest BCUT2D eigenvalue weighted by Gasteiger charge is -2.30. The number of likely N-dealkylation sites (N-methyl/N-ethyl adjacent to an activating group) is 1. The molecule has 8 heteroatoms. The van der Waals surface area contributed by atoms with Crippen LogP contribution in [0.3, 0.4) is 0 Å². The minimum Gasteiger partial charge on any atom is -0.478 e. The smallest absolute Gasteiger partial charge is 0.336 e. The second-order valence-corrected chi connectivity index (χ2v) is 8.65. The third kappa shape index (κ3) is 3.77. The number of rotatable bonds is 4. The quantitative estimate of drug-likeness (QED) is 0.415. The molecule has 0 atom stereocenters. The summed E-state index contributed by atoms with van der Waals surface area (Å²) in [6.45, 7) is 5.76. The van der Waals surface area contributed by atoms with Gasteiger partial charge in [0.2, 0.25) is 0 Å².